The van der Waals surface area contributed by atoms with Crippen molar-refractivity contribution in [2.24, 2.45) is 5.16 Å². The van der Waals surface area contributed by atoms with Gasteiger partial charge >= 0.3 is 12.1 Å². The van der Waals surface area contributed by atoms with Crippen LogP contribution in [-0.4, -0.2) is 96.8 Å². The van der Waals surface area contributed by atoms with Crippen molar-refractivity contribution in [3.63, 3.8) is 0 Å². The molecule has 0 aromatic carbocycles. The quantitative estimate of drug-likeness (QED) is 0.0690. The molecule has 3 unspecified atom stereocenters. The molecule has 3 N–H and O–H groups in total. The molecule has 15 nitrogen and oxygen atoms in total. The van der Waals surface area contributed by atoms with Gasteiger partial charge in [-0.3, -0.25) is 19.3 Å². The Morgan fingerprint density at radius 2 is 1.97 bits per heavy atom. The monoisotopic (exact) mass is 587 g/mol. The van der Waals surface area contributed by atoms with Gasteiger partial charge in [0, 0.05) is 25.2 Å². The number of carbonyl (C=O) groups excluding carboxylic acids is 5. The zero-order valence-corrected chi connectivity index (χ0v) is 23.4. The number of rotatable bonds is 12. The summed E-state index contributed by atoms with van der Waals surface area (Å²) in [4.78, 5) is 67.7. The zero-order valence-electron chi connectivity index (χ0n) is 21.7. The standard InChI is InChI=1S/C22H29N5O10S2/c1-10(2)35-22(32)37-11(3)36-20(31)16-12(6-33-4)7-38-19-15(18(30)27(16)19)25-17(29)14(26-34-5)13-8-39-21(24-13)23-9-28/h8-11,15,19,21,24H,6-7H2,1-5H3,(H,23,28)(H,25,29)/b26-14-/t11?,15-,19?,21?/m1/s1. The van der Waals surface area contributed by atoms with Crippen LogP contribution in [0.5, 0.6) is 0 Å². The number of nitrogens with zero attached hydrogens (tertiary/aromatic N) is 2. The summed E-state index contributed by atoms with van der Waals surface area (Å²) in [5.74, 6) is -1.86. The molecule has 0 saturated carbocycles. The molecule has 0 aromatic heterocycles. The van der Waals surface area contributed by atoms with E-state index in [0.717, 1.165) is 0 Å². The summed E-state index contributed by atoms with van der Waals surface area (Å²) in [6.07, 6.45) is -2.23. The number of nitrogens with one attached hydrogen (secondary N) is 3. The van der Waals surface area contributed by atoms with E-state index in [1.807, 2.05) is 0 Å². The highest BCUT2D eigenvalue weighted by atomic mass is 32.2. The van der Waals surface area contributed by atoms with Gasteiger partial charge in [-0.05, 0) is 19.4 Å². The number of methoxy groups -OCH3 is 1. The Balaban J connectivity index is 1.71. The number of fused-ring (bicyclic) bond motifs is 1. The van der Waals surface area contributed by atoms with Gasteiger partial charge < -0.3 is 39.7 Å². The van der Waals surface area contributed by atoms with Crippen LogP contribution >= 0.6 is 23.5 Å². The van der Waals surface area contributed by atoms with Crippen molar-refractivity contribution in [2.75, 3.05) is 26.6 Å². The lowest BCUT2D eigenvalue weighted by molar-refractivity contribution is -0.169. The second kappa shape index (κ2) is 13.6. The van der Waals surface area contributed by atoms with Crippen molar-refractivity contribution >= 4 is 59.6 Å². The molecule has 0 spiro atoms. The van der Waals surface area contributed by atoms with E-state index < -0.39 is 53.2 Å². The lowest BCUT2D eigenvalue weighted by Crippen LogP contribution is -2.71. The summed E-state index contributed by atoms with van der Waals surface area (Å²) in [7, 11) is 2.70. The summed E-state index contributed by atoms with van der Waals surface area (Å²) >= 11 is 2.53. The predicted molar refractivity (Wildman–Crippen MR) is 138 cm³/mol. The number of oxime groups is 1. The van der Waals surface area contributed by atoms with Crippen molar-refractivity contribution in [2.45, 2.75) is 50.1 Å². The predicted octanol–water partition coefficient (Wildman–Crippen LogP) is -0.0526. The van der Waals surface area contributed by atoms with Gasteiger partial charge in [0.1, 0.15) is 24.2 Å². The Kier molecular flexibility index (Phi) is 10.5. The highest BCUT2D eigenvalue weighted by Gasteiger charge is 2.55. The molecule has 0 aromatic rings. The van der Waals surface area contributed by atoms with Crippen LogP contribution in [0.25, 0.3) is 0 Å². The van der Waals surface area contributed by atoms with Crippen molar-refractivity contribution in [3.8, 4) is 0 Å². The molecule has 3 rings (SSSR count). The topological polar surface area (TPSA) is 183 Å². The van der Waals surface area contributed by atoms with Crippen molar-refractivity contribution in [1.82, 2.24) is 20.9 Å². The molecular weight excluding hydrogens is 558 g/mol. The second-order valence-electron chi connectivity index (χ2n) is 8.35. The summed E-state index contributed by atoms with van der Waals surface area (Å²) in [6.45, 7) is 4.65. The van der Waals surface area contributed by atoms with Crippen LogP contribution in [-0.2, 0) is 43.0 Å². The molecule has 0 aliphatic carbocycles. The normalized spacial score (nSPS) is 23.1. The van der Waals surface area contributed by atoms with Crippen LogP contribution in [0, 0.1) is 0 Å². The molecule has 0 radical (unpaired) electrons. The third-order valence-corrected chi connectivity index (χ3v) is 7.43. The van der Waals surface area contributed by atoms with Crippen LogP contribution in [0.2, 0.25) is 0 Å². The van der Waals surface area contributed by atoms with Crippen molar-refractivity contribution < 1.29 is 47.8 Å². The maximum atomic E-state index is 13.2. The molecular formula is C22H29N5O10S2. The fourth-order valence-corrected chi connectivity index (χ4v) is 5.78. The summed E-state index contributed by atoms with van der Waals surface area (Å²) in [5.41, 5.74) is 0.0935. The molecule has 1 fully saturated rings. The first-order valence-electron chi connectivity index (χ1n) is 11.6. The molecule has 3 aliphatic rings. The summed E-state index contributed by atoms with van der Waals surface area (Å²) < 4.78 is 20.3. The number of carbonyl (C=O) groups is 5. The lowest BCUT2D eigenvalue weighted by atomic mass is 10.0. The highest BCUT2D eigenvalue weighted by molar-refractivity contribution is 8.03. The largest absolute Gasteiger partial charge is 0.511 e. The average Bonchev–Trinajstić information content (AvgIpc) is 3.33. The minimum atomic E-state index is -1.30. The number of hydrogen-bond donors (Lipinski definition) is 3. The Bertz CT molecular complexity index is 1100. The summed E-state index contributed by atoms with van der Waals surface area (Å²) in [6, 6.07) is -0.982. The van der Waals surface area contributed by atoms with E-state index in [2.05, 4.69) is 21.1 Å². The number of amides is 3. The number of hydrogen-bond acceptors (Lipinski definition) is 14. The fourth-order valence-electron chi connectivity index (χ4n) is 3.67. The van der Waals surface area contributed by atoms with Crippen molar-refractivity contribution in [3.05, 3.63) is 22.4 Å². The van der Waals surface area contributed by atoms with Crippen molar-refractivity contribution in [1.29, 1.82) is 0 Å². The Morgan fingerprint density at radius 1 is 1.23 bits per heavy atom. The van der Waals surface area contributed by atoms with Gasteiger partial charge in [0.25, 0.3) is 11.8 Å². The van der Waals surface area contributed by atoms with Crippen LogP contribution in [0.3, 0.4) is 0 Å². The number of thioether (sulfide) groups is 2. The Hall–Kier alpha value is -3.44. The molecule has 17 heteroatoms. The van der Waals surface area contributed by atoms with Crippen LogP contribution in [0.1, 0.15) is 20.8 Å². The fraction of sp³-hybridized carbons (Fsp3) is 0.545. The maximum absolute atomic E-state index is 13.2. The first-order valence-corrected chi connectivity index (χ1v) is 13.6. The van der Waals surface area contributed by atoms with Crippen LogP contribution < -0.4 is 16.0 Å². The lowest BCUT2D eigenvalue weighted by Gasteiger charge is -2.49. The van der Waals surface area contributed by atoms with Gasteiger partial charge in [-0.2, -0.15) is 0 Å². The van der Waals surface area contributed by atoms with E-state index in [-0.39, 0.29) is 23.7 Å². The van der Waals surface area contributed by atoms with E-state index in [0.29, 0.717) is 17.7 Å². The van der Waals surface area contributed by atoms with Crippen LogP contribution in [0.15, 0.2) is 27.5 Å². The van der Waals surface area contributed by atoms with Gasteiger partial charge in [0.15, 0.2) is 11.2 Å². The number of esters is 1. The average molecular weight is 588 g/mol. The summed E-state index contributed by atoms with van der Waals surface area (Å²) in [5, 5.41) is 12.8. The first kappa shape index (κ1) is 30.1. The molecule has 0 bridgehead atoms. The number of β-lactam (4-membered cyclic amide) rings is 1. The van der Waals surface area contributed by atoms with E-state index in [1.165, 1.54) is 49.6 Å². The Morgan fingerprint density at radius 3 is 2.62 bits per heavy atom. The smallest absolute Gasteiger partial charge is 0.431 e. The van der Waals surface area contributed by atoms with Crippen LogP contribution in [0.4, 0.5) is 4.79 Å². The second-order valence-corrected chi connectivity index (χ2v) is 10.4. The molecule has 3 aliphatic heterocycles. The van der Waals surface area contributed by atoms with E-state index >= 15 is 0 Å². The number of ether oxygens (including phenoxy) is 4. The minimum Gasteiger partial charge on any atom is -0.431 e. The molecule has 1 saturated heterocycles. The molecule has 3 amide bonds. The third kappa shape index (κ3) is 7.15. The first-order chi connectivity index (χ1) is 18.6. The van der Waals surface area contributed by atoms with E-state index in [4.69, 9.17) is 23.8 Å². The highest BCUT2D eigenvalue weighted by Crippen LogP contribution is 2.41. The van der Waals surface area contributed by atoms with Gasteiger partial charge in [-0.25, -0.2) is 9.59 Å². The molecule has 214 valence electrons. The molecule has 39 heavy (non-hydrogen) atoms. The molecule has 3 heterocycles. The van der Waals surface area contributed by atoms with Gasteiger partial charge in [0.2, 0.25) is 12.7 Å². The van der Waals surface area contributed by atoms with Gasteiger partial charge in [-0.1, -0.05) is 16.9 Å². The zero-order chi connectivity index (χ0) is 28.7. The van der Waals surface area contributed by atoms with E-state index in [9.17, 15) is 24.0 Å². The SMILES string of the molecule is COCC1=C(C(=O)OC(C)OC(=O)OC(C)C)N2C(=O)[C@@H](NC(=O)/C(=N\OC)C3=CSC(NC=O)N3)C2SC1. The van der Waals surface area contributed by atoms with Gasteiger partial charge in [0.05, 0.1) is 18.4 Å². The Labute approximate surface area is 232 Å². The molecule has 4 atom stereocenters. The third-order valence-electron chi connectivity index (χ3n) is 5.19. The van der Waals surface area contributed by atoms with E-state index in [1.54, 1.807) is 19.3 Å². The maximum Gasteiger partial charge on any atom is 0.511 e. The van der Waals surface area contributed by atoms with Gasteiger partial charge in [-0.15, -0.1) is 11.8 Å². The minimum absolute atomic E-state index is 0.0473.